The summed E-state index contributed by atoms with van der Waals surface area (Å²) in [5.41, 5.74) is 0.907. The number of carbonyl (C=O) groups excluding carboxylic acids is 2. The predicted molar refractivity (Wildman–Crippen MR) is 77.2 cm³/mol. The van der Waals surface area contributed by atoms with Gasteiger partial charge >= 0.3 is 0 Å². The van der Waals surface area contributed by atoms with E-state index in [0.717, 1.165) is 5.56 Å². The molecular formula is C16H19NO3. The molecule has 0 atom stereocenters. The van der Waals surface area contributed by atoms with Crippen LogP contribution in [-0.2, 0) is 9.59 Å². The van der Waals surface area contributed by atoms with Crippen LogP contribution < -0.4 is 0 Å². The number of ketones is 1. The van der Waals surface area contributed by atoms with Gasteiger partial charge in [-0.05, 0) is 33.8 Å². The van der Waals surface area contributed by atoms with E-state index in [2.05, 4.69) is 0 Å². The molecule has 1 heterocycles. The summed E-state index contributed by atoms with van der Waals surface area (Å²) in [6, 6.07) is 7.12. The Balaban J connectivity index is 2.49. The third-order valence-corrected chi connectivity index (χ3v) is 3.38. The summed E-state index contributed by atoms with van der Waals surface area (Å²) in [6.45, 7) is 7.51. The molecule has 1 aromatic rings. The summed E-state index contributed by atoms with van der Waals surface area (Å²) in [6.07, 6.45) is 0. The van der Waals surface area contributed by atoms with Gasteiger partial charge in [-0.1, -0.05) is 23.8 Å². The molecule has 20 heavy (non-hydrogen) atoms. The lowest BCUT2D eigenvalue weighted by atomic mass is 10.0. The minimum absolute atomic E-state index is 0.0214. The summed E-state index contributed by atoms with van der Waals surface area (Å²) in [5, 5.41) is 10.3. The van der Waals surface area contributed by atoms with E-state index in [0.29, 0.717) is 5.56 Å². The molecule has 0 aliphatic carbocycles. The Morgan fingerprint density at radius 2 is 1.90 bits per heavy atom. The van der Waals surface area contributed by atoms with Crippen molar-refractivity contribution >= 4 is 17.4 Å². The maximum Gasteiger partial charge on any atom is 0.262 e. The lowest BCUT2D eigenvalue weighted by Gasteiger charge is -2.30. The summed E-state index contributed by atoms with van der Waals surface area (Å²) in [4.78, 5) is 25.9. The van der Waals surface area contributed by atoms with Gasteiger partial charge in [0.1, 0.15) is 11.3 Å². The molecule has 0 spiro atoms. The van der Waals surface area contributed by atoms with E-state index in [4.69, 9.17) is 0 Å². The minimum Gasteiger partial charge on any atom is -0.506 e. The van der Waals surface area contributed by atoms with Crippen LogP contribution in [0.2, 0.25) is 0 Å². The number of hydrogen-bond acceptors (Lipinski definition) is 3. The smallest absolute Gasteiger partial charge is 0.262 e. The standard InChI is InChI=1S/C16H19NO3/c1-10-6-5-7-11(8-10)14(19)13-12(18)9-17(15(13)20)16(2,3)4/h5-8,19H,9H2,1-4H3/b14-13+. The van der Waals surface area contributed by atoms with Crippen LogP contribution in [0.3, 0.4) is 0 Å². The molecule has 4 heteroatoms. The van der Waals surface area contributed by atoms with Gasteiger partial charge in [0.2, 0.25) is 0 Å². The van der Waals surface area contributed by atoms with Crippen molar-refractivity contribution in [2.75, 3.05) is 6.54 Å². The van der Waals surface area contributed by atoms with Gasteiger partial charge < -0.3 is 10.0 Å². The van der Waals surface area contributed by atoms with Crippen molar-refractivity contribution < 1.29 is 14.7 Å². The highest BCUT2D eigenvalue weighted by molar-refractivity contribution is 6.28. The first-order valence-electron chi connectivity index (χ1n) is 6.57. The molecule has 0 radical (unpaired) electrons. The zero-order valence-corrected chi connectivity index (χ0v) is 12.2. The fourth-order valence-electron chi connectivity index (χ4n) is 2.26. The number of aliphatic hydroxyl groups is 1. The van der Waals surface area contributed by atoms with Crippen LogP contribution in [-0.4, -0.2) is 33.8 Å². The molecule has 1 amide bonds. The first kappa shape index (κ1) is 14.3. The van der Waals surface area contributed by atoms with Crippen LogP contribution in [0.15, 0.2) is 29.8 Å². The summed E-state index contributed by atoms with van der Waals surface area (Å²) in [5.74, 6) is -0.958. The molecule has 4 nitrogen and oxygen atoms in total. The number of aryl methyl sites for hydroxylation is 1. The number of likely N-dealkylation sites (tertiary alicyclic amines) is 1. The monoisotopic (exact) mass is 273 g/mol. The Bertz CT molecular complexity index is 608. The van der Waals surface area contributed by atoms with Crippen molar-refractivity contribution in [3.63, 3.8) is 0 Å². The van der Waals surface area contributed by atoms with Gasteiger partial charge in [0.25, 0.3) is 5.91 Å². The van der Waals surface area contributed by atoms with Crippen molar-refractivity contribution in [3.05, 3.63) is 41.0 Å². The normalized spacial score (nSPS) is 18.7. The Morgan fingerprint density at radius 3 is 2.40 bits per heavy atom. The number of benzene rings is 1. The van der Waals surface area contributed by atoms with Crippen LogP contribution in [0.1, 0.15) is 31.9 Å². The zero-order chi connectivity index (χ0) is 15.1. The van der Waals surface area contributed by atoms with E-state index >= 15 is 0 Å². The first-order chi connectivity index (χ1) is 9.21. The van der Waals surface area contributed by atoms with Crippen LogP contribution in [0.4, 0.5) is 0 Å². The molecule has 1 saturated heterocycles. The molecule has 0 unspecified atom stereocenters. The largest absolute Gasteiger partial charge is 0.506 e. The van der Waals surface area contributed by atoms with Gasteiger partial charge in [-0.25, -0.2) is 0 Å². The molecule has 106 valence electrons. The van der Waals surface area contributed by atoms with Crippen molar-refractivity contribution in [3.8, 4) is 0 Å². The molecule has 1 fully saturated rings. The van der Waals surface area contributed by atoms with Crippen LogP contribution in [0, 0.1) is 6.92 Å². The molecule has 1 aliphatic rings. The molecule has 2 rings (SSSR count). The van der Waals surface area contributed by atoms with E-state index < -0.39 is 11.4 Å². The second-order valence-corrected chi connectivity index (χ2v) is 6.08. The Kier molecular flexibility index (Phi) is 3.42. The number of aliphatic hydroxyl groups excluding tert-OH is 1. The van der Waals surface area contributed by atoms with Gasteiger partial charge in [0, 0.05) is 11.1 Å². The Labute approximate surface area is 118 Å². The maximum absolute atomic E-state index is 12.3. The molecule has 0 saturated carbocycles. The van der Waals surface area contributed by atoms with E-state index in [9.17, 15) is 14.7 Å². The number of rotatable bonds is 1. The van der Waals surface area contributed by atoms with Gasteiger partial charge in [-0.3, -0.25) is 9.59 Å². The summed E-state index contributed by atoms with van der Waals surface area (Å²) >= 11 is 0. The van der Waals surface area contributed by atoms with Gasteiger partial charge in [-0.15, -0.1) is 0 Å². The van der Waals surface area contributed by atoms with Crippen molar-refractivity contribution in [2.24, 2.45) is 0 Å². The average molecular weight is 273 g/mol. The van der Waals surface area contributed by atoms with Gasteiger partial charge in [0.05, 0.1) is 6.54 Å². The van der Waals surface area contributed by atoms with Crippen LogP contribution in [0.25, 0.3) is 5.76 Å². The quantitative estimate of drug-likeness (QED) is 0.486. The molecule has 0 bridgehead atoms. The van der Waals surface area contributed by atoms with Crippen LogP contribution >= 0.6 is 0 Å². The number of carbonyl (C=O) groups is 2. The van der Waals surface area contributed by atoms with Crippen molar-refractivity contribution in [1.29, 1.82) is 0 Å². The first-order valence-corrected chi connectivity index (χ1v) is 6.57. The lowest BCUT2D eigenvalue weighted by Crippen LogP contribution is -2.42. The lowest BCUT2D eigenvalue weighted by molar-refractivity contribution is -0.129. The third-order valence-electron chi connectivity index (χ3n) is 3.38. The van der Waals surface area contributed by atoms with E-state index in [1.54, 1.807) is 18.2 Å². The molecule has 0 aromatic heterocycles. The second-order valence-electron chi connectivity index (χ2n) is 6.08. The number of hydrogen-bond donors (Lipinski definition) is 1. The fraction of sp³-hybridized carbons (Fsp3) is 0.375. The third kappa shape index (κ3) is 2.46. The predicted octanol–water partition coefficient (Wildman–Crippen LogP) is 2.47. The van der Waals surface area contributed by atoms with Crippen molar-refractivity contribution in [2.45, 2.75) is 33.2 Å². The Hall–Kier alpha value is -2.10. The topological polar surface area (TPSA) is 57.6 Å². The van der Waals surface area contributed by atoms with Crippen molar-refractivity contribution in [1.82, 2.24) is 4.90 Å². The molecule has 1 aromatic carbocycles. The highest BCUT2D eigenvalue weighted by atomic mass is 16.3. The van der Waals surface area contributed by atoms with E-state index in [-0.39, 0.29) is 23.7 Å². The van der Waals surface area contributed by atoms with E-state index in [1.165, 1.54) is 4.90 Å². The Morgan fingerprint density at radius 1 is 1.25 bits per heavy atom. The second kappa shape index (κ2) is 4.78. The average Bonchev–Trinajstić information content (AvgIpc) is 2.64. The maximum atomic E-state index is 12.3. The zero-order valence-electron chi connectivity index (χ0n) is 12.2. The highest BCUT2D eigenvalue weighted by Crippen LogP contribution is 2.28. The van der Waals surface area contributed by atoms with Gasteiger partial charge in [0.15, 0.2) is 5.78 Å². The number of Topliss-reactive ketones (excluding diaryl/α,β-unsaturated/α-hetero) is 1. The molecule has 1 aliphatic heterocycles. The highest BCUT2D eigenvalue weighted by Gasteiger charge is 2.41. The fourth-order valence-corrected chi connectivity index (χ4v) is 2.26. The SMILES string of the molecule is Cc1cccc(/C(O)=C2/C(=O)CN(C(C)(C)C)C2=O)c1. The van der Waals surface area contributed by atoms with Gasteiger partial charge in [-0.2, -0.15) is 0 Å². The molecule has 1 N–H and O–H groups in total. The molecular weight excluding hydrogens is 254 g/mol. The van der Waals surface area contributed by atoms with Crippen LogP contribution in [0.5, 0.6) is 0 Å². The van der Waals surface area contributed by atoms with E-state index in [1.807, 2.05) is 33.8 Å². The number of amides is 1. The number of nitrogens with zero attached hydrogens (tertiary/aromatic N) is 1. The summed E-state index contributed by atoms with van der Waals surface area (Å²) in [7, 11) is 0. The minimum atomic E-state index is -0.443. The summed E-state index contributed by atoms with van der Waals surface area (Å²) < 4.78 is 0.